The Morgan fingerprint density at radius 2 is 2.18 bits per heavy atom. The molecule has 2 saturated carbocycles. The highest BCUT2D eigenvalue weighted by Crippen LogP contribution is 2.68. The SMILES string of the molecule is CC1(C)C2CCC1(C)C(SC[C@H](N)C(=O)O)C2. The topological polar surface area (TPSA) is 63.3 Å². The number of thioether (sulfide) groups is 1. The second-order valence-electron chi connectivity index (χ2n) is 6.38. The van der Waals surface area contributed by atoms with E-state index in [4.69, 9.17) is 10.8 Å². The van der Waals surface area contributed by atoms with Gasteiger partial charge in [0.25, 0.3) is 0 Å². The monoisotopic (exact) mass is 257 g/mol. The third kappa shape index (κ3) is 1.89. The number of hydrogen-bond acceptors (Lipinski definition) is 3. The van der Waals surface area contributed by atoms with Crippen molar-refractivity contribution in [1.29, 1.82) is 0 Å². The van der Waals surface area contributed by atoms with Crippen LogP contribution < -0.4 is 5.73 Å². The molecule has 0 spiro atoms. The molecule has 2 rings (SSSR count). The minimum absolute atomic E-state index is 0.362. The normalized spacial score (nSPS) is 40.5. The summed E-state index contributed by atoms with van der Waals surface area (Å²) in [5.41, 5.74) is 6.35. The second-order valence-corrected chi connectivity index (χ2v) is 7.61. The maximum Gasteiger partial charge on any atom is 0.321 e. The quantitative estimate of drug-likeness (QED) is 0.811. The van der Waals surface area contributed by atoms with Crippen LogP contribution in [0.15, 0.2) is 0 Å². The number of carbonyl (C=O) groups is 1. The lowest BCUT2D eigenvalue weighted by molar-refractivity contribution is -0.137. The molecule has 98 valence electrons. The van der Waals surface area contributed by atoms with E-state index in [0.717, 1.165) is 5.92 Å². The summed E-state index contributed by atoms with van der Waals surface area (Å²) in [4.78, 5) is 10.7. The highest BCUT2D eigenvalue weighted by Gasteiger charge is 2.61. The van der Waals surface area contributed by atoms with Crippen molar-refractivity contribution in [3.05, 3.63) is 0 Å². The zero-order valence-corrected chi connectivity index (χ0v) is 11.7. The van der Waals surface area contributed by atoms with Gasteiger partial charge in [0, 0.05) is 11.0 Å². The highest BCUT2D eigenvalue weighted by atomic mass is 32.2. The standard InChI is InChI=1S/C13H23NO2S/c1-12(2)8-4-5-13(12,3)10(6-8)17-7-9(14)11(15)16/h8-10H,4-7,14H2,1-3H3,(H,15,16)/t8?,9-,10?,13?/m0/s1. The summed E-state index contributed by atoms with van der Waals surface area (Å²) < 4.78 is 0. The third-order valence-electron chi connectivity index (χ3n) is 5.51. The van der Waals surface area contributed by atoms with Crippen LogP contribution in [0, 0.1) is 16.7 Å². The van der Waals surface area contributed by atoms with Gasteiger partial charge in [-0.1, -0.05) is 20.8 Å². The number of nitrogens with two attached hydrogens (primary N) is 1. The fourth-order valence-corrected chi connectivity index (χ4v) is 5.41. The van der Waals surface area contributed by atoms with Crippen molar-refractivity contribution in [3.8, 4) is 0 Å². The van der Waals surface area contributed by atoms with Crippen LogP contribution in [0.4, 0.5) is 0 Å². The van der Waals surface area contributed by atoms with Gasteiger partial charge in [0.15, 0.2) is 0 Å². The molecule has 2 bridgehead atoms. The van der Waals surface area contributed by atoms with Gasteiger partial charge in [-0.25, -0.2) is 0 Å². The van der Waals surface area contributed by atoms with E-state index in [-0.39, 0.29) is 0 Å². The first-order valence-corrected chi connectivity index (χ1v) is 7.44. The zero-order valence-electron chi connectivity index (χ0n) is 10.9. The summed E-state index contributed by atoms with van der Waals surface area (Å²) >= 11 is 1.78. The summed E-state index contributed by atoms with van der Waals surface area (Å²) in [7, 11) is 0. The van der Waals surface area contributed by atoms with E-state index in [0.29, 0.717) is 21.8 Å². The number of aliphatic carboxylic acids is 1. The van der Waals surface area contributed by atoms with Gasteiger partial charge in [-0.05, 0) is 36.0 Å². The molecule has 4 atom stereocenters. The van der Waals surface area contributed by atoms with Crippen molar-refractivity contribution in [2.24, 2.45) is 22.5 Å². The molecule has 3 N–H and O–H groups in total. The Morgan fingerprint density at radius 3 is 2.59 bits per heavy atom. The molecule has 2 aliphatic rings. The Morgan fingerprint density at radius 1 is 1.53 bits per heavy atom. The molecule has 0 amide bonds. The predicted molar refractivity (Wildman–Crippen MR) is 71.1 cm³/mol. The largest absolute Gasteiger partial charge is 0.480 e. The average Bonchev–Trinajstić information content (AvgIpc) is 2.57. The zero-order chi connectivity index (χ0) is 12.8. The molecule has 0 saturated heterocycles. The third-order valence-corrected chi connectivity index (χ3v) is 7.17. The van der Waals surface area contributed by atoms with Crippen molar-refractivity contribution in [1.82, 2.24) is 0 Å². The van der Waals surface area contributed by atoms with Crippen LogP contribution in [-0.2, 0) is 4.79 Å². The van der Waals surface area contributed by atoms with Crippen LogP contribution in [0.5, 0.6) is 0 Å². The minimum Gasteiger partial charge on any atom is -0.480 e. The molecule has 2 fully saturated rings. The number of carboxylic acids is 1. The summed E-state index contributed by atoms with van der Waals surface area (Å²) in [5.74, 6) is 0.467. The molecule has 3 unspecified atom stereocenters. The first-order valence-electron chi connectivity index (χ1n) is 6.39. The lowest BCUT2D eigenvalue weighted by Crippen LogP contribution is -2.37. The number of fused-ring (bicyclic) bond motifs is 2. The van der Waals surface area contributed by atoms with E-state index in [1.807, 2.05) is 0 Å². The van der Waals surface area contributed by atoms with Crippen molar-refractivity contribution < 1.29 is 9.90 Å². The van der Waals surface area contributed by atoms with Crippen LogP contribution in [0.25, 0.3) is 0 Å². The smallest absolute Gasteiger partial charge is 0.321 e. The van der Waals surface area contributed by atoms with Crippen molar-refractivity contribution in [3.63, 3.8) is 0 Å². The first kappa shape index (κ1) is 13.2. The van der Waals surface area contributed by atoms with Gasteiger partial charge < -0.3 is 10.8 Å². The van der Waals surface area contributed by atoms with Gasteiger partial charge in [0.1, 0.15) is 6.04 Å². The molecular formula is C13H23NO2S. The molecule has 0 aromatic rings. The fourth-order valence-electron chi connectivity index (χ4n) is 3.67. The summed E-state index contributed by atoms with van der Waals surface area (Å²) in [6, 6.07) is -0.717. The maximum absolute atomic E-state index is 10.7. The first-order chi connectivity index (χ1) is 7.79. The molecule has 0 aliphatic heterocycles. The number of carboxylic acid groups (broad SMARTS) is 1. The molecular weight excluding hydrogens is 234 g/mol. The van der Waals surface area contributed by atoms with Gasteiger partial charge in [0.05, 0.1) is 0 Å². The predicted octanol–water partition coefficient (Wildman–Crippen LogP) is 2.35. The molecule has 17 heavy (non-hydrogen) atoms. The van der Waals surface area contributed by atoms with E-state index < -0.39 is 12.0 Å². The van der Waals surface area contributed by atoms with Crippen LogP contribution >= 0.6 is 11.8 Å². The van der Waals surface area contributed by atoms with Gasteiger partial charge >= 0.3 is 5.97 Å². The van der Waals surface area contributed by atoms with Crippen molar-refractivity contribution in [2.45, 2.75) is 51.3 Å². The van der Waals surface area contributed by atoms with Crippen LogP contribution in [0.2, 0.25) is 0 Å². The average molecular weight is 257 g/mol. The van der Waals surface area contributed by atoms with Gasteiger partial charge in [-0.3, -0.25) is 4.79 Å². The lowest BCUT2D eigenvalue weighted by Gasteiger charge is -2.39. The Bertz CT molecular complexity index is 331. The van der Waals surface area contributed by atoms with Gasteiger partial charge in [-0.2, -0.15) is 11.8 Å². The Hall–Kier alpha value is -0.220. The van der Waals surface area contributed by atoms with Gasteiger partial charge in [-0.15, -0.1) is 0 Å². The molecule has 2 aliphatic carbocycles. The summed E-state index contributed by atoms with van der Waals surface area (Å²) in [6.45, 7) is 7.13. The molecule has 3 nitrogen and oxygen atoms in total. The van der Waals surface area contributed by atoms with Crippen LogP contribution in [0.1, 0.15) is 40.0 Å². The van der Waals surface area contributed by atoms with Gasteiger partial charge in [0.2, 0.25) is 0 Å². The van der Waals surface area contributed by atoms with Crippen LogP contribution in [0.3, 0.4) is 0 Å². The summed E-state index contributed by atoms with van der Waals surface area (Å²) in [6.07, 6.45) is 3.86. The molecule has 0 heterocycles. The highest BCUT2D eigenvalue weighted by molar-refractivity contribution is 8.00. The Labute approximate surface area is 108 Å². The Kier molecular flexibility index (Phi) is 3.24. The molecule has 4 heteroatoms. The lowest BCUT2D eigenvalue weighted by atomic mass is 9.71. The second kappa shape index (κ2) is 4.16. The van der Waals surface area contributed by atoms with E-state index in [1.165, 1.54) is 19.3 Å². The van der Waals surface area contributed by atoms with Crippen LogP contribution in [-0.4, -0.2) is 28.1 Å². The van der Waals surface area contributed by atoms with E-state index in [1.54, 1.807) is 11.8 Å². The van der Waals surface area contributed by atoms with E-state index >= 15 is 0 Å². The number of hydrogen-bond donors (Lipinski definition) is 2. The van der Waals surface area contributed by atoms with E-state index in [9.17, 15) is 4.79 Å². The van der Waals surface area contributed by atoms with Crippen molar-refractivity contribution >= 4 is 17.7 Å². The molecule has 0 aromatic heterocycles. The maximum atomic E-state index is 10.7. The molecule has 0 aromatic carbocycles. The minimum atomic E-state index is -0.884. The molecule has 0 radical (unpaired) electrons. The summed E-state index contributed by atoms with van der Waals surface area (Å²) in [5, 5.41) is 9.40. The number of rotatable bonds is 4. The van der Waals surface area contributed by atoms with E-state index in [2.05, 4.69) is 20.8 Å². The van der Waals surface area contributed by atoms with Crippen molar-refractivity contribution in [2.75, 3.05) is 5.75 Å². The Balaban J connectivity index is 1.99. The fraction of sp³-hybridized carbons (Fsp3) is 0.923.